The van der Waals surface area contributed by atoms with Crippen molar-refractivity contribution in [2.24, 2.45) is 5.92 Å². The first-order valence-corrected chi connectivity index (χ1v) is 10.3. The molecule has 0 unspecified atom stereocenters. The molecule has 0 bridgehead atoms. The number of hydrogen-bond acceptors (Lipinski definition) is 4. The number of likely N-dealkylation sites (tertiary alicyclic amines) is 1. The van der Waals surface area contributed by atoms with E-state index in [4.69, 9.17) is 4.74 Å². The minimum absolute atomic E-state index is 0.122. The van der Waals surface area contributed by atoms with Crippen LogP contribution in [0.1, 0.15) is 46.8 Å². The number of piperidine rings is 1. The zero-order chi connectivity index (χ0) is 20.4. The van der Waals surface area contributed by atoms with Gasteiger partial charge in [0.1, 0.15) is 11.5 Å². The highest BCUT2D eigenvalue weighted by molar-refractivity contribution is 6.13. The van der Waals surface area contributed by atoms with E-state index >= 15 is 0 Å². The molecule has 1 saturated heterocycles. The molecule has 29 heavy (non-hydrogen) atoms. The summed E-state index contributed by atoms with van der Waals surface area (Å²) in [4.78, 5) is 15.3. The zero-order valence-electron chi connectivity index (χ0n) is 17.0. The van der Waals surface area contributed by atoms with Gasteiger partial charge in [-0.15, -0.1) is 0 Å². The molecule has 150 valence electrons. The lowest BCUT2D eigenvalue weighted by Crippen LogP contribution is -2.32. The van der Waals surface area contributed by atoms with Gasteiger partial charge in [0.05, 0.1) is 11.1 Å². The molecule has 4 heteroatoms. The first-order chi connectivity index (χ1) is 14.0. The number of nitrogens with zero attached hydrogens (tertiary/aromatic N) is 1. The predicted molar refractivity (Wildman–Crippen MR) is 115 cm³/mol. The van der Waals surface area contributed by atoms with Gasteiger partial charge in [-0.2, -0.15) is 0 Å². The van der Waals surface area contributed by atoms with Crippen molar-refractivity contribution < 1.29 is 14.6 Å². The van der Waals surface area contributed by atoms with Gasteiger partial charge >= 0.3 is 0 Å². The molecule has 2 aromatic carbocycles. The van der Waals surface area contributed by atoms with Gasteiger partial charge in [0.2, 0.25) is 5.78 Å². The van der Waals surface area contributed by atoms with Crippen LogP contribution in [0.3, 0.4) is 0 Å². The minimum Gasteiger partial charge on any atom is -0.507 e. The summed E-state index contributed by atoms with van der Waals surface area (Å²) in [7, 11) is 0. The monoisotopic (exact) mass is 389 g/mol. The number of carbonyl (C=O) groups excluding carboxylic acids is 1. The molecule has 0 saturated carbocycles. The first kappa shape index (κ1) is 19.5. The van der Waals surface area contributed by atoms with E-state index in [1.165, 1.54) is 0 Å². The van der Waals surface area contributed by atoms with E-state index < -0.39 is 0 Å². The molecule has 0 spiro atoms. The van der Waals surface area contributed by atoms with Crippen molar-refractivity contribution in [1.82, 2.24) is 4.90 Å². The fraction of sp³-hybridized carbons (Fsp3) is 0.320. The number of phenols is 1. The Kier molecular flexibility index (Phi) is 5.54. The summed E-state index contributed by atoms with van der Waals surface area (Å²) in [5, 5.41) is 10.6. The molecule has 0 aliphatic carbocycles. The molecule has 1 N–H and O–H groups in total. The van der Waals surface area contributed by atoms with Crippen molar-refractivity contribution in [1.29, 1.82) is 0 Å². The van der Waals surface area contributed by atoms with Gasteiger partial charge in [-0.3, -0.25) is 9.69 Å². The number of rotatable bonds is 4. The number of aryl methyl sites for hydroxylation is 1. The van der Waals surface area contributed by atoms with Crippen molar-refractivity contribution >= 4 is 11.9 Å². The number of carbonyl (C=O) groups is 1. The summed E-state index contributed by atoms with van der Waals surface area (Å²) in [6.07, 6.45) is 7.79. The molecule has 1 fully saturated rings. The average molecular weight is 389 g/mol. The van der Waals surface area contributed by atoms with Crippen molar-refractivity contribution in [3.63, 3.8) is 0 Å². The summed E-state index contributed by atoms with van der Waals surface area (Å²) < 4.78 is 5.99. The van der Waals surface area contributed by atoms with Crippen LogP contribution in [0.5, 0.6) is 11.5 Å². The number of ether oxygens (including phenoxy) is 1. The Morgan fingerprint density at radius 2 is 1.93 bits per heavy atom. The maximum Gasteiger partial charge on any atom is 0.232 e. The van der Waals surface area contributed by atoms with Crippen LogP contribution in [0.4, 0.5) is 0 Å². The Morgan fingerprint density at radius 1 is 1.21 bits per heavy atom. The van der Waals surface area contributed by atoms with Crippen LogP contribution in [0.25, 0.3) is 6.08 Å². The van der Waals surface area contributed by atoms with E-state index in [0.717, 1.165) is 43.0 Å². The van der Waals surface area contributed by atoms with Gasteiger partial charge in [0.25, 0.3) is 0 Å². The summed E-state index contributed by atoms with van der Waals surface area (Å²) in [5.41, 5.74) is 3.08. The maximum absolute atomic E-state index is 12.9. The lowest BCUT2D eigenvalue weighted by Gasteiger charge is -2.30. The summed E-state index contributed by atoms with van der Waals surface area (Å²) in [6, 6.07) is 11.6. The SMILES string of the molecule is Cc1cc(O)c(CN2CCC(C)CC2)c2c1C(=O)/C(=C/C=C/c1ccccc1)O2. The largest absolute Gasteiger partial charge is 0.507 e. The maximum atomic E-state index is 12.9. The second kappa shape index (κ2) is 8.26. The highest BCUT2D eigenvalue weighted by Crippen LogP contribution is 2.42. The molecular weight excluding hydrogens is 362 g/mol. The Morgan fingerprint density at radius 3 is 2.66 bits per heavy atom. The van der Waals surface area contributed by atoms with Crippen LogP contribution in [0.2, 0.25) is 0 Å². The molecule has 4 rings (SSSR count). The normalized spacial score (nSPS) is 19.1. The molecule has 0 atom stereocenters. The Hall–Kier alpha value is -2.85. The van der Waals surface area contributed by atoms with Gasteiger partial charge in [0, 0.05) is 6.54 Å². The van der Waals surface area contributed by atoms with Crippen LogP contribution in [0.15, 0.2) is 54.3 Å². The van der Waals surface area contributed by atoms with Crippen molar-refractivity contribution in [2.75, 3.05) is 13.1 Å². The zero-order valence-corrected chi connectivity index (χ0v) is 17.0. The van der Waals surface area contributed by atoms with Crippen LogP contribution in [0, 0.1) is 12.8 Å². The number of aromatic hydroxyl groups is 1. The van der Waals surface area contributed by atoms with Gasteiger partial charge in [-0.1, -0.05) is 49.4 Å². The van der Waals surface area contributed by atoms with Crippen LogP contribution in [-0.2, 0) is 6.54 Å². The lowest BCUT2D eigenvalue weighted by atomic mass is 9.96. The van der Waals surface area contributed by atoms with Gasteiger partial charge in [0.15, 0.2) is 5.76 Å². The number of fused-ring (bicyclic) bond motifs is 1. The van der Waals surface area contributed by atoms with Gasteiger partial charge in [-0.25, -0.2) is 0 Å². The quantitative estimate of drug-likeness (QED) is 0.739. The smallest absolute Gasteiger partial charge is 0.232 e. The van der Waals surface area contributed by atoms with E-state index in [0.29, 0.717) is 29.2 Å². The molecule has 2 aliphatic heterocycles. The van der Waals surface area contributed by atoms with Crippen molar-refractivity contribution in [3.05, 3.63) is 76.6 Å². The Labute approximate surface area is 172 Å². The van der Waals surface area contributed by atoms with E-state index in [9.17, 15) is 9.90 Å². The number of allylic oxidation sites excluding steroid dienone is 3. The van der Waals surface area contributed by atoms with E-state index in [2.05, 4.69) is 11.8 Å². The molecule has 2 aliphatic rings. The van der Waals surface area contributed by atoms with E-state index in [-0.39, 0.29) is 11.5 Å². The fourth-order valence-electron chi connectivity index (χ4n) is 4.00. The van der Waals surface area contributed by atoms with Gasteiger partial charge in [-0.05, 0) is 62.0 Å². The predicted octanol–water partition coefficient (Wildman–Crippen LogP) is 5.10. The molecule has 2 aromatic rings. The highest BCUT2D eigenvalue weighted by atomic mass is 16.5. The third-order valence-corrected chi connectivity index (χ3v) is 5.81. The Balaban J connectivity index is 1.59. The summed E-state index contributed by atoms with van der Waals surface area (Å²) in [5.74, 6) is 1.64. The molecule has 0 radical (unpaired) electrons. The van der Waals surface area contributed by atoms with Crippen LogP contribution < -0.4 is 4.74 Å². The number of benzene rings is 2. The molecule has 2 heterocycles. The van der Waals surface area contributed by atoms with Crippen molar-refractivity contribution in [3.8, 4) is 11.5 Å². The standard InChI is InChI=1S/C25H27NO3/c1-17-11-13-26(14-12-17)16-20-21(27)15-18(2)23-24(28)22(29-25(20)23)10-6-9-19-7-4-3-5-8-19/h3-10,15,17,27H,11-14,16H2,1-2H3/b9-6+,22-10-. The highest BCUT2D eigenvalue weighted by Gasteiger charge is 2.33. The van der Waals surface area contributed by atoms with E-state index in [1.54, 1.807) is 12.1 Å². The van der Waals surface area contributed by atoms with Gasteiger partial charge < -0.3 is 9.84 Å². The third-order valence-electron chi connectivity index (χ3n) is 5.81. The minimum atomic E-state index is -0.122. The van der Waals surface area contributed by atoms with Crippen LogP contribution in [-0.4, -0.2) is 28.9 Å². The molecule has 4 nitrogen and oxygen atoms in total. The number of phenolic OH excluding ortho intramolecular Hbond substituents is 1. The van der Waals surface area contributed by atoms with Crippen molar-refractivity contribution in [2.45, 2.75) is 33.2 Å². The third kappa shape index (κ3) is 4.13. The number of hydrogen-bond donors (Lipinski definition) is 1. The summed E-state index contributed by atoms with van der Waals surface area (Å²) in [6.45, 7) is 6.72. The second-order valence-electron chi connectivity index (χ2n) is 8.09. The molecular formula is C25H27NO3. The first-order valence-electron chi connectivity index (χ1n) is 10.3. The second-order valence-corrected chi connectivity index (χ2v) is 8.09. The lowest BCUT2D eigenvalue weighted by molar-refractivity contribution is 0.101. The van der Waals surface area contributed by atoms with Crippen LogP contribution >= 0.6 is 0 Å². The van der Waals surface area contributed by atoms with E-state index in [1.807, 2.05) is 49.4 Å². The molecule has 0 aromatic heterocycles. The number of ketones is 1. The average Bonchev–Trinajstić information content (AvgIpc) is 3.04. The number of Topliss-reactive ketones (excluding diaryl/α,β-unsaturated/α-hetero) is 1. The summed E-state index contributed by atoms with van der Waals surface area (Å²) >= 11 is 0. The fourth-order valence-corrected chi connectivity index (χ4v) is 4.00. The Bertz CT molecular complexity index is 967. The topological polar surface area (TPSA) is 49.8 Å². The molecule has 0 amide bonds.